The van der Waals surface area contributed by atoms with Crippen molar-refractivity contribution in [2.24, 2.45) is 4.99 Å². The molecule has 0 radical (unpaired) electrons. The van der Waals surface area contributed by atoms with Gasteiger partial charge in [-0.15, -0.1) is 0 Å². The summed E-state index contributed by atoms with van der Waals surface area (Å²) < 4.78 is 14.6. The van der Waals surface area contributed by atoms with Gasteiger partial charge in [0.05, 0.1) is 5.69 Å². The number of nitrogens with one attached hydrogen (secondary N) is 2. The SMILES string of the molecule is CN=C(NCc1ccc(F)cc1)NCc1ccc(-n2cncn2)cc1. The number of nitrogens with zero attached hydrogens (tertiary/aromatic N) is 4. The standard InChI is InChI=1S/C18H19FN6/c1-20-18(22-10-14-2-6-16(19)7-3-14)23-11-15-4-8-17(9-5-15)25-13-21-12-24-25/h2-9,12-13H,10-11H2,1H3,(H2,20,22,23). The van der Waals surface area contributed by atoms with Crippen LogP contribution in [-0.2, 0) is 13.1 Å². The topological polar surface area (TPSA) is 67.1 Å². The maximum absolute atomic E-state index is 12.9. The minimum absolute atomic E-state index is 0.236. The number of benzene rings is 2. The van der Waals surface area contributed by atoms with Crippen LogP contribution in [0.5, 0.6) is 0 Å². The summed E-state index contributed by atoms with van der Waals surface area (Å²) in [7, 11) is 1.72. The lowest BCUT2D eigenvalue weighted by atomic mass is 10.2. The van der Waals surface area contributed by atoms with Gasteiger partial charge in [0.2, 0.25) is 0 Å². The average molecular weight is 338 g/mol. The lowest BCUT2D eigenvalue weighted by Gasteiger charge is -2.12. The first-order valence-corrected chi connectivity index (χ1v) is 7.87. The first-order chi connectivity index (χ1) is 12.2. The Kier molecular flexibility index (Phi) is 5.36. The number of halogens is 1. The fraction of sp³-hybridized carbons (Fsp3) is 0.167. The van der Waals surface area contributed by atoms with Gasteiger partial charge in [0.25, 0.3) is 0 Å². The van der Waals surface area contributed by atoms with E-state index in [0.717, 1.165) is 16.8 Å². The number of aliphatic imine (C=N–C) groups is 1. The van der Waals surface area contributed by atoms with Crippen LogP contribution in [0.25, 0.3) is 5.69 Å². The minimum Gasteiger partial charge on any atom is -0.352 e. The summed E-state index contributed by atoms with van der Waals surface area (Å²) >= 11 is 0. The van der Waals surface area contributed by atoms with Gasteiger partial charge in [-0.3, -0.25) is 4.99 Å². The maximum Gasteiger partial charge on any atom is 0.191 e. The molecule has 128 valence electrons. The molecule has 0 amide bonds. The minimum atomic E-state index is -0.236. The summed E-state index contributed by atoms with van der Waals surface area (Å²) in [5.41, 5.74) is 3.06. The molecule has 2 N–H and O–H groups in total. The molecular formula is C18H19FN6. The van der Waals surface area contributed by atoms with Crippen molar-refractivity contribution in [2.75, 3.05) is 7.05 Å². The Morgan fingerprint density at radius 2 is 1.60 bits per heavy atom. The highest BCUT2D eigenvalue weighted by Crippen LogP contribution is 2.08. The molecule has 2 aromatic carbocycles. The van der Waals surface area contributed by atoms with Crippen LogP contribution in [0.1, 0.15) is 11.1 Å². The molecule has 7 heteroatoms. The Morgan fingerprint density at radius 1 is 1.00 bits per heavy atom. The Hall–Kier alpha value is -3.22. The van der Waals surface area contributed by atoms with Crippen LogP contribution in [0.15, 0.2) is 66.2 Å². The molecule has 0 aliphatic rings. The molecule has 25 heavy (non-hydrogen) atoms. The van der Waals surface area contributed by atoms with E-state index >= 15 is 0 Å². The van der Waals surface area contributed by atoms with Crippen molar-refractivity contribution in [3.8, 4) is 5.69 Å². The summed E-state index contributed by atoms with van der Waals surface area (Å²) in [6, 6.07) is 14.4. The van der Waals surface area contributed by atoms with Crippen LogP contribution in [0.2, 0.25) is 0 Å². The van der Waals surface area contributed by atoms with E-state index in [-0.39, 0.29) is 5.82 Å². The van der Waals surface area contributed by atoms with Crippen molar-refractivity contribution in [2.45, 2.75) is 13.1 Å². The van der Waals surface area contributed by atoms with E-state index in [9.17, 15) is 4.39 Å². The molecule has 0 unspecified atom stereocenters. The molecule has 3 aromatic rings. The van der Waals surface area contributed by atoms with Crippen LogP contribution in [0, 0.1) is 5.82 Å². The first kappa shape index (κ1) is 16.6. The van der Waals surface area contributed by atoms with Crippen LogP contribution < -0.4 is 10.6 Å². The van der Waals surface area contributed by atoms with Crippen molar-refractivity contribution in [3.63, 3.8) is 0 Å². The van der Waals surface area contributed by atoms with Crippen LogP contribution in [0.4, 0.5) is 4.39 Å². The number of hydrogen-bond donors (Lipinski definition) is 2. The zero-order valence-electron chi connectivity index (χ0n) is 13.9. The van der Waals surface area contributed by atoms with Gasteiger partial charge < -0.3 is 10.6 Å². The first-order valence-electron chi connectivity index (χ1n) is 7.87. The summed E-state index contributed by atoms with van der Waals surface area (Å²) in [6.45, 7) is 1.21. The summed E-state index contributed by atoms with van der Waals surface area (Å²) in [5, 5.41) is 10.6. The Morgan fingerprint density at radius 3 is 2.12 bits per heavy atom. The third kappa shape index (κ3) is 4.63. The molecule has 3 rings (SSSR count). The van der Waals surface area contributed by atoms with Gasteiger partial charge >= 0.3 is 0 Å². The second kappa shape index (κ2) is 8.05. The lowest BCUT2D eigenvalue weighted by molar-refractivity contribution is 0.626. The predicted molar refractivity (Wildman–Crippen MR) is 94.8 cm³/mol. The van der Waals surface area contributed by atoms with Crippen LogP contribution in [0.3, 0.4) is 0 Å². The zero-order chi connectivity index (χ0) is 17.5. The highest BCUT2D eigenvalue weighted by molar-refractivity contribution is 5.79. The highest BCUT2D eigenvalue weighted by atomic mass is 19.1. The Balaban J connectivity index is 1.51. The van der Waals surface area contributed by atoms with Crippen LogP contribution in [-0.4, -0.2) is 27.8 Å². The largest absolute Gasteiger partial charge is 0.352 e. The molecular weight excluding hydrogens is 319 g/mol. The van der Waals surface area contributed by atoms with Gasteiger partial charge in [0, 0.05) is 20.1 Å². The van der Waals surface area contributed by atoms with E-state index in [1.807, 2.05) is 24.3 Å². The van der Waals surface area contributed by atoms with E-state index in [1.54, 1.807) is 30.2 Å². The van der Waals surface area contributed by atoms with Gasteiger partial charge in [-0.1, -0.05) is 24.3 Å². The molecule has 0 spiro atoms. The summed E-state index contributed by atoms with van der Waals surface area (Å²) in [5.74, 6) is 0.449. The average Bonchev–Trinajstić information content (AvgIpc) is 3.18. The number of aromatic nitrogens is 3. The maximum atomic E-state index is 12.9. The van der Waals surface area contributed by atoms with Crippen molar-refractivity contribution < 1.29 is 4.39 Å². The normalized spacial score (nSPS) is 11.4. The quantitative estimate of drug-likeness (QED) is 0.553. The zero-order valence-corrected chi connectivity index (χ0v) is 13.9. The molecule has 0 atom stereocenters. The summed E-state index contributed by atoms with van der Waals surface area (Å²) in [6.07, 6.45) is 3.17. The van der Waals surface area contributed by atoms with E-state index in [4.69, 9.17) is 0 Å². The molecule has 6 nitrogen and oxygen atoms in total. The molecule has 0 aliphatic heterocycles. The third-order valence-electron chi connectivity index (χ3n) is 3.68. The second-order valence-corrected chi connectivity index (χ2v) is 5.41. The fourth-order valence-corrected chi connectivity index (χ4v) is 2.30. The van der Waals surface area contributed by atoms with Gasteiger partial charge in [-0.25, -0.2) is 14.1 Å². The molecule has 1 aromatic heterocycles. The van der Waals surface area contributed by atoms with Crippen molar-refractivity contribution in [1.82, 2.24) is 25.4 Å². The van der Waals surface area contributed by atoms with E-state index in [1.165, 1.54) is 18.5 Å². The van der Waals surface area contributed by atoms with Gasteiger partial charge in [-0.05, 0) is 35.4 Å². The Bertz CT molecular complexity index is 810. The lowest BCUT2D eigenvalue weighted by Crippen LogP contribution is -2.36. The van der Waals surface area contributed by atoms with E-state index in [2.05, 4.69) is 25.7 Å². The molecule has 0 aliphatic carbocycles. The van der Waals surface area contributed by atoms with Crippen LogP contribution >= 0.6 is 0 Å². The molecule has 0 fully saturated rings. The van der Waals surface area contributed by atoms with Gasteiger partial charge in [0.1, 0.15) is 18.5 Å². The smallest absolute Gasteiger partial charge is 0.191 e. The number of rotatable bonds is 5. The monoisotopic (exact) mass is 338 g/mol. The number of guanidine groups is 1. The third-order valence-corrected chi connectivity index (χ3v) is 3.68. The van der Waals surface area contributed by atoms with Crippen molar-refractivity contribution in [3.05, 3.63) is 78.1 Å². The van der Waals surface area contributed by atoms with Crippen molar-refractivity contribution in [1.29, 1.82) is 0 Å². The van der Waals surface area contributed by atoms with Gasteiger partial charge in [-0.2, -0.15) is 5.10 Å². The fourth-order valence-electron chi connectivity index (χ4n) is 2.30. The molecule has 1 heterocycles. The molecule has 0 bridgehead atoms. The molecule has 0 saturated carbocycles. The van der Waals surface area contributed by atoms with Gasteiger partial charge in [0.15, 0.2) is 5.96 Å². The number of hydrogen-bond acceptors (Lipinski definition) is 3. The second-order valence-electron chi connectivity index (χ2n) is 5.41. The highest BCUT2D eigenvalue weighted by Gasteiger charge is 2.01. The summed E-state index contributed by atoms with van der Waals surface area (Å²) in [4.78, 5) is 8.13. The Labute approximate surface area is 145 Å². The molecule has 0 saturated heterocycles. The van der Waals surface area contributed by atoms with E-state index < -0.39 is 0 Å². The van der Waals surface area contributed by atoms with E-state index in [0.29, 0.717) is 19.0 Å². The predicted octanol–water partition coefficient (Wildman–Crippen LogP) is 2.27. The van der Waals surface area contributed by atoms with Crippen molar-refractivity contribution >= 4 is 5.96 Å².